The molecule has 1 aromatic carbocycles. The number of nitrogens with zero attached hydrogens (tertiary/aromatic N) is 1. The van der Waals surface area contributed by atoms with Gasteiger partial charge in [-0.25, -0.2) is 17.6 Å². The van der Waals surface area contributed by atoms with Crippen LogP contribution in [0.4, 0.5) is 26.3 Å². The lowest BCUT2D eigenvalue weighted by Gasteiger charge is -2.36. The van der Waals surface area contributed by atoms with Gasteiger partial charge in [-0.3, -0.25) is 14.4 Å². The lowest BCUT2D eigenvalue weighted by atomic mass is 9.85. The summed E-state index contributed by atoms with van der Waals surface area (Å²) in [6, 6.07) is -1.38. The minimum absolute atomic E-state index is 0.00796. The van der Waals surface area contributed by atoms with Crippen molar-refractivity contribution in [2.75, 3.05) is 19.7 Å². The highest BCUT2D eigenvalue weighted by Crippen LogP contribution is 2.37. The van der Waals surface area contributed by atoms with E-state index < -0.39 is 89.4 Å². The van der Waals surface area contributed by atoms with E-state index in [1.54, 1.807) is 25.7 Å². The van der Waals surface area contributed by atoms with Gasteiger partial charge in [-0.1, -0.05) is 0 Å². The summed E-state index contributed by atoms with van der Waals surface area (Å²) in [6.45, 7) is 4.24. The molecule has 3 rings (SSSR count). The van der Waals surface area contributed by atoms with Gasteiger partial charge in [0.05, 0.1) is 12.5 Å². The third kappa shape index (κ3) is 8.98. The fraction of sp³-hybridized carbons (Fsp3) is 0.679. The summed E-state index contributed by atoms with van der Waals surface area (Å²) < 4.78 is 92.0. The van der Waals surface area contributed by atoms with Crippen molar-refractivity contribution in [3.05, 3.63) is 29.3 Å². The number of likely N-dealkylation sites (tertiary alicyclic amines) is 1. The molecular weight excluding hydrogens is 574 g/mol. The van der Waals surface area contributed by atoms with Crippen molar-refractivity contribution < 1.29 is 55.3 Å². The number of hydrogen-bond donors (Lipinski definition) is 2. The molecule has 0 aromatic heterocycles. The van der Waals surface area contributed by atoms with E-state index in [-0.39, 0.29) is 63.6 Å². The number of rotatable bonds is 9. The standard InChI is InChI=1S/C28H36F6N2O6/c1-27(2,3)42-21(38)13-19(20(37)14-41-24-22(31)17(29)12-18(30)23(24)32)35-25(39)15-6-10-36(11-7-15)26(40)16-4-8-28(33,34)9-5-16/h12,15-16,19-20,37H,4-11,13-14H2,1-3H3,(H,35,39)/t19-,20?/m0/s1. The molecular formula is C28H36F6N2O6. The van der Waals surface area contributed by atoms with Gasteiger partial charge in [-0.2, -0.15) is 8.78 Å². The van der Waals surface area contributed by atoms with Gasteiger partial charge in [0.2, 0.25) is 29.4 Å². The van der Waals surface area contributed by atoms with Crippen LogP contribution in [-0.4, -0.2) is 71.2 Å². The number of ether oxygens (including phenoxy) is 2. The van der Waals surface area contributed by atoms with Crippen LogP contribution >= 0.6 is 0 Å². The minimum Gasteiger partial charge on any atom is -0.485 e. The van der Waals surface area contributed by atoms with Crippen molar-refractivity contribution in [2.45, 2.75) is 89.4 Å². The normalized spacial score (nSPS) is 19.6. The van der Waals surface area contributed by atoms with E-state index in [1.165, 1.54) is 0 Å². The molecule has 14 heteroatoms. The largest absolute Gasteiger partial charge is 0.485 e. The fourth-order valence-corrected chi connectivity index (χ4v) is 5.02. The summed E-state index contributed by atoms with van der Waals surface area (Å²) >= 11 is 0. The number of nitrogens with one attached hydrogen (secondary N) is 1. The number of amides is 2. The molecule has 236 valence electrons. The Bertz CT molecular complexity index is 1120. The summed E-state index contributed by atoms with van der Waals surface area (Å²) in [5.74, 6) is -14.0. The maximum atomic E-state index is 14.0. The highest BCUT2D eigenvalue weighted by atomic mass is 19.3. The van der Waals surface area contributed by atoms with Gasteiger partial charge in [0.15, 0.2) is 17.4 Å². The van der Waals surface area contributed by atoms with Crippen LogP contribution in [0, 0.1) is 35.1 Å². The first kappa shape index (κ1) is 33.5. The lowest BCUT2D eigenvalue weighted by molar-refractivity contribution is -0.156. The molecule has 1 aliphatic carbocycles. The molecule has 2 aliphatic rings. The van der Waals surface area contributed by atoms with E-state index in [0.29, 0.717) is 0 Å². The third-order valence-corrected chi connectivity index (χ3v) is 7.31. The third-order valence-electron chi connectivity index (χ3n) is 7.31. The Kier molecular flexibility index (Phi) is 10.8. The number of hydrogen-bond acceptors (Lipinski definition) is 6. The molecule has 1 saturated heterocycles. The number of esters is 1. The van der Waals surface area contributed by atoms with Gasteiger partial charge in [0.1, 0.15) is 18.3 Å². The molecule has 0 bridgehead atoms. The molecule has 1 unspecified atom stereocenters. The minimum atomic E-state index is -2.76. The smallest absolute Gasteiger partial charge is 0.308 e. The molecule has 1 saturated carbocycles. The quantitative estimate of drug-likeness (QED) is 0.246. The summed E-state index contributed by atoms with van der Waals surface area (Å²) in [4.78, 5) is 39.9. The zero-order valence-corrected chi connectivity index (χ0v) is 23.7. The SMILES string of the molecule is CC(C)(C)OC(=O)C[C@H](NC(=O)C1CCN(C(=O)C2CCC(F)(F)CC2)CC1)C(O)COc1c(F)c(F)cc(F)c1F. The van der Waals surface area contributed by atoms with E-state index in [1.807, 2.05) is 0 Å². The van der Waals surface area contributed by atoms with Crippen LogP contribution < -0.4 is 10.1 Å². The number of aliphatic hydroxyl groups excluding tert-OH is 1. The van der Waals surface area contributed by atoms with Crippen LogP contribution in [0.2, 0.25) is 0 Å². The van der Waals surface area contributed by atoms with Crippen LogP contribution in [0.5, 0.6) is 5.75 Å². The summed E-state index contributed by atoms with van der Waals surface area (Å²) in [7, 11) is 0. The lowest BCUT2D eigenvalue weighted by Crippen LogP contribution is -2.51. The molecule has 1 heterocycles. The van der Waals surface area contributed by atoms with Crippen molar-refractivity contribution in [1.29, 1.82) is 0 Å². The van der Waals surface area contributed by atoms with Crippen LogP contribution in [0.15, 0.2) is 6.07 Å². The second-order valence-corrected chi connectivity index (χ2v) is 11.8. The van der Waals surface area contributed by atoms with Gasteiger partial charge in [-0.15, -0.1) is 0 Å². The van der Waals surface area contributed by atoms with E-state index >= 15 is 0 Å². The molecule has 0 radical (unpaired) electrons. The first-order valence-corrected chi connectivity index (χ1v) is 13.8. The van der Waals surface area contributed by atoms with E-state index in [9.17, 15) is 45.8 Å². The summed E-state index contributed by atoms with van der Waals surface area (Å²) in [5.41, 5.74) is -0.911. The van der Waals surface area contributed by atoms with E-state index in [4.69, 9.17) is 9.47 Å². The van der Waals surface area contributed by atoms with Crippen LogP contribution in [-0.2, 0) is 19.1 Å². The monoisotopic (exact) mass is 610 g/mol. The van der Waals surface area contributed by atoms with Crippen molar-refractivity contribution in [3.63, 3.8) is 0 Å². The van der Waals surface area contributed by atoms with Crippen molar-refractivity contribution in [1.82, 2.24) is 10.2 Å². The Morgan fingerprint density at radius 3 is 2.07 bits per heavy atom. The molecule has 2 fully saturated rings. The van der Waals surface area contributed by atoms with Crippen LogP contribution in [0.25, 0.3) is 0 Å². The van der Waals surface area contributed by atoms with Gasteiger partial charge < -0.3 is 24.8 Å². The molecule has 0 spiro atoms. The predicted octanol–water partition coefficient (Wildman–Crippen LogP) is 4.26. The second kappa shape index (κ2) is 13.5. The number of piperidine rings is 1. The number of carbonyl (C=O) groups is 3. The van der Waals surface area contributed by atoms with Gasteiger partial charge in [-0.05, 0) is 46.5 Å². The molecule has 1 aliphatic heterocycles. The molecule has 2 N–H and O–H groups in total. The number of benzene rings is 1. The maximum absolute atomic E-state index is 14.0. The average Bonchev–Trinajstić information content (AvgIpc) is 2.90. The number of alkyl halides is 2. The van der Waals surface area contributed by atoms with Crippen LogP contribution in [0.3, 0.4) is 0 Å². The number of halogens is 6. The molecule has 2 atom stereocenters. The summed E-state index contributed by atoms with van der Waals surface area (Å²) in [5, 5.41) is 13.2. The molecule has 1 aromatic rings. The van der Waals surface area contributed by atoms with Crippen molar-refractivity contribution >= 4 is 17.8 Å². The Hall–Kier alpha value is -3.03. The number of carbonyl (C=O) groups excluding carboxylic acids is 3. The van der Waals surface area contributed by atoms with E-state index in [2.05, 4.69) is 5.32 Å². The summed E-state index contributed by atoms with van der Waals surface area (Å²) in [6.07, 6.45) is -2.39. The first-order chi connectivity index (χ1) is 19.5. The molecule has 8 nitrogen and oxygen atoms in total. The Labute approximate surface area is 239 Å². The second-order valence-electron chi connectivity index (χ2n) is 11.8. The topological polar surface area (TPSA) is 105 Å². The molecule has 42 heavy (non-hydrogen) atoms. The van der Waals surface area contributed by atoms with Gasteiger partial charge in [0.25, 0.3) is 0 Å². The van der Waals surface area contributed by atoms with Crippen LogP contribution in [0.1, 0.15) is 65.7 Å². The maximum Gasteiger partial charge on any atom is 0.308 e. The predicted molar refractivity (Wildman–Crippen MR) is 136 cm³/mol. The average molecular weight is 611 g/mol. The van der Waals surface area contributed by atoms with Gasteiger partial charge >= 0.3 is 5.97 Å². The molecule has 2 amide bonds. The Morgan fingerprint density at radius 2 is 1.55 bits per heavy atom. The highest BCUT2D eigenvalue weighted by molar-refractivity contribution is 5.82. The van der Waals surface area contributed by atoms with Crippen molar-refractivity contribution in [2.24, 2.45) is 11.8 Å². The van der Waals surface area contributed by atoms with Gasteiger partial charge in [0, 0.05) is 43.8 Å². The van der Waals surface area contributed by atoms with Crippen molar-refractivity contribution in [3.8, 4) is 5.75 Å². The van der Waals surface area contributed by atoms with E-state index in [0.717, 1.165) is 0 Å². The fourth-order valence-electron chi connectivity index (χ4n) is 5.02. The first-order valence-electron chi connectivity index (χ1n) is 13.8. The zero-order chi connectivity index (χ0) is 31.4. The number of aliphatic hydroxyl groups is 1. The Balaban J connectivity index is 1.62. The Morgan fingerprint density at radius 1 is 1.00 bits per heavy atom. The highest BCUT2D eigenvalue weighted by Gasteiger charge is 2.40. The zero-order valence-electron chi connectivity index (χ0n) is 23.7.